The van der Waals surface area contributed by atoms with E-state index in [-0.39, 0.29) is 5.91 Å². The summed E-state index contributed by atoms with van der Waals surface area (Å²) in [5, 5.41) is 8.34. The van der Waals surface area contributed by atoms with Gasteiger partial charge in [-0.05, 0) is 24.1 Å². The summed E-state index contributed by atoms with van der Waals surface area (Å²) >= 11 is 3.18. The van der Waals surface area contributed by atoms with Gasteiger partial charge in [-0.25, -0.2) is 9.67 Å². The van der Waals surface area contributed by atoms with Crippen LogP contribution in [0.5, 0.6) is 0 Å². The van der Waals surface area contributed by atoms with Crippen molar-refractivity contribution in [3.05, 3.63) is 50.9 Å². The van der Waals surface area contributed by atoms with E-state index in [0.29, 0.717) is 6.54 Å². The fourth-order valence-electron chi connectivity index (χ4n) is 2.71. The largest absolute Gasteiger partial charge is 0.336 e. The number of rotatable bonds is 4. The van der Waals surface area contributed by atoms with Gasteiger partial charge in [0, 0.05) is 48.5 Å². The highest BCUT2D eigenvalue weighted by Crippen LogP contribution is 2.27. The summed E-state index contributed by atoms with van der Waals surface area (Å²) in [7, 11) is 1.84. The fraction of sp³-hybridized carbons (Fsp3) is 0.312. The molecule has 0 fully saturated rings. The molecule has 0 aliphatic carbocycles. The minimum atomic E-state index is 0.0726. The second-order valence-electron chi connectivity index (χ2n) is 5.71. The van der Waals surface area contributed by atoms with E-state index >= 15 is 0 Å². The van der Waals surface area contributed by atoms with Crippen molar-refractivity contribution in [2.24, 2.45) is 0 Å². The van der Waals surface area contributed by atoms with Gasteiger partial charge in [0.25, 0.3) is 5.91 Å². The maximum Gasteiger partial charge on any atom is 0.264 e. The van der Waals surface area contributed by atoms with E-state index in [9.17, 15) is 4.79 Å². The standard InChI is InChI=1S/C16H17N5OS2/c1-20(10-12-9-18-16(23-12)21-6-2-4-19-21)15(22)14-7-11-8-17-5-3-13(11)24-14/h2,4,6-7,9,17H,3,5,8,10H2,1H3. The van der Waals surface area contributed by atoms with Crippen LogP contribution < -0.4 is 5.32 Å². The van der Waals surface area contributed by atoms with Gasteiger partial charge in [0.15, 0.2) is 0 Å². The van der Waals surface area contributed by atoms with E-state index in [1.165, 1.54) is 10.4 Å². The number of carbonyl (C=O) groups is 1. The van der Waals surface area contributed by atoms with Crippen LogP contribution in [0, 0.1) is 0 Å². The number of amides is 1. The van der Waals surface area contributed by atoms with E-state index in [1.54, 1.807) is 38.5 Å². The van der Waals surface area contributed by atoms with Crippen molar-refractivity contribution in [1.29, 1.82) is 0 Å². The first-order valence-electron chi connectivity index (χ1n) is 7.73. The Balaban J connectivity index is 1.46. The zero-order valence-electron chi connectivity index (χ0n) is 13.2. The SMILES string of the molecule is CN(Cc1cnc(-n2cccn2)s1)C(=O)c1cc2c(s1)CCNC2. The zero-order valence-corrected chi connectivity index (χ0v) is 14.9. The summed E-state index contributed by atoms with van der Waals surface area (Å²) in [4.78, 5) is 22.0. The molecule has 3 aromatic heterocycles. The molecule has 0 spiro atoms. The van der Waals surface area contributed by atoms with Gasteiger partial charge in [-0.3, -0.25) is 4.79 Å². The summed E-state index contributed by atoms with van der Waals surface area (Å²) in [5.74, 6) is 0.0726. The quantitative estimate of drug-likeness (QED) is 0.776. The summed E-state index contributed by atoms with van der Waals surface area (Å²) < 4.78 is 1.73. The average molecular weight is 359 g/mol. The van der Waals surface area contributed by atoms with Gasteiger partial charge in [-0.15, -0.1) is 11.3 Å². The van der Waals surface area contributed by atoms with Crippen LogP contribution in [-0.2, 0) is 19.5 Å². The van der Waals surface area contributed by atoms with Crippen LogP contribution in [0.1, 0.15) is 25.0 Å². The van der Waals surface area contributed by atoms with E-state index in [1.807, 2.05) is 31.6 Å². The molecule has 1 amide bonds. The normalized spacial score (nSPS) is 13.7. The van der Waals surface area contributed by atoms with E-state index in [0.717, 1.165) is 34.4 Å². The first kappa shape index (κ1) is 15.5. The van der Waals surface area contributed by atoms with Crippen molar-refractivity contribution >= 4 is 28.6 Å². The molecule has 1 aliphatic rings. The molecule has 1 N–H and O–H groups in total. The number of hydrogen-bond donors (Lipinski definition) is 1. The van der Waals surface area contributed by atoms with Gasteiger partial charge in [-0.2, -0.15) is 5.10 Å². The van der Waals surface area contributed by atoms with Gasteiger partial charge >= 0.3 is 0 Å². The number of thiophene rings is 1. The van der Waals surface area contributed by atoms with Crippen molar-refractivity contribution in [2.75, 3.05) is 13.6 Å². The number of hydrogen-bond acceptors (Lipinski definition) is 6. The maximum absolute atomic E-state index is 12.7. The van der Waals surface area contributed by atoms with Crippen LogP contribution in [0.2, 0.25) is 0 Å². The molecule has 24 heavy (non-hydrogen) atoms. The molecular weight excluding hydrogens is 342 g/mol. The van der Waals surface area contributed by atoms with Gasteiger partial charge in [0.05, 0.1) is 11.4 Å². The number of nitrogens with one attached hydrogen (secondary N) is 1. The third-order valence-corrected chi connectivity index (χ3v) is 6.13. The monoisotopic (exact) mass is 359 g/mol. The molecule has 124 valence electrons. The Morgan fingerprint density at radius 1 is 1.46 bits per heavy atom. The average Bonchev–Trinajstić information content (AvgIpc) is 3.32. The number of aromatic nitrogens is 3. The molecular formula is C16H17N5OS2. The predicted octanol–water partition coefficient (Wildman–Crippen LogP) is 2.31. The molecule has 0 saturated heterocycles. The van der Waals surface area contributed by atoms with Gasteiger partial charge < -0.3 is 10.2 Å². The number of carbonyl (C=O) groups excluding carboxylic acids is 1. The third-order valence-electron chi connectivity index (χ3n) is 3.93. The van der Waals surface area contributed by atoms with Crippen LogP contribution in [0.15, 0.2) is 30.7 Å². The first-order chi connectivity index (χ1) is 11.7. The lowest BCUT2D eigenvalue weighted by atomic mass is 10.1. The summed E-state index contributed by atoms with van der Waals surface area (Å²) in [6.07, 6.45) is 6.42. The minimum absolute atomic E-state index is 0.0726. The second-order valence-corrected chi connectivity index (χ2v) is 7.94. The number of nitrogens with zero attached hydrogens (tertiary/aromatic N) is 4. The van der Waals surface area contributed by atoms with Crippen LogP contribution in [0.25, 0.3) is 5.13 Å². The van der Waals surface area contributed by atoms with Crippen molar-refractivity contribution in [2.45, 2.75) is 19.5 Å². The lowest BCUT2D eigenvalue weighted by molar-refractivity contribution is 0.0791. The molecule has 4 rings (SSSR count). The summed E-state index contributed by atoms with van der Waals surface area (Å²) in [6, 6.07) is 3.90. The molecule has 8 heteroatoms. The Hall–Kier alpha value is -2.03. The Kier molecular flexibility index (Phi) is 4.17. The highest BCUT2D eigenvalue weighted by atomic mass is 32.1. The maximum atomic E-state index is 12.7. The molecule has 1 aliphatic heterocycles. The second kappa shape index (κ2) is 6.46. The van der Waals surface area contributed by atoms with Gasteiger partial charge in [-0.1, -0.05) is 11.3 Å². The fourth-order valence-corrected chi connectivity index (χ4v) is 4.79. The van der Waals surface area contributed by atoms with Crippen LogP contribution in [0.3, 0.4) is 0 Å². The van der Waals surface area contributed by atoms with Gasteiger partial charge in [0.2, 0.25) is 5.13 Å². The number of fused-ring (bicyclic) bond motifs is 1. The van der Waals surface area contributed by atoms with Crippen LogP contribution >= 0.6 is 22.7 Å². The highest BCUT2D eigenvalue weighted by Gasteiger charge is 2.20. The van der Waals surface area contributed by atoms with Gasteiger partial charge in [0.1, 0.15) is 0 Å². The zero-order chi connectivity index (χ0) is 16.5. The summed E-state index contributed by atoms with van der Waals surface area (Å²) in [5.41, 5.74) is 1.27. The van der Waals surface area contributed by atoms with Crippen LogP contribution in [-0.4, -0.2) is 39.2 Å². The van der Waals surface area contributed by atoms with Crippen molar-refractivity contribution in [1.82, 2.24) is 25.0 Å². The van der Waals surface area contributed by atoms with E-state index in [2.05, 4.69) is 15.4 Å². The minimum Gasteiger partial charge on any atom is -0.336 e. The number of thiazole rings is 1. The Morgan fingerprint density at radius 2 is 2.38 bits per heavy atom. The molecule has 0 saturated carbocycles. The molecule has 6 nitrogen and oxygen atoms in total. The smallest absolute Gasteiger partial charge is 0.264 e. The Morgan fingerprint density at radius 3 is 3.17 bits per heavy atom. The molecule has 0 radical (unpaired) electrons. The van der Waals surface area contributed by atoms with Crippen LogP contribution in [0.4, 0.5) is 0 Å². The third kappa shape index (κ3) is 3.00. The molecule has 0 aromatic carbocycles. The lowest BCUT2D eigenvalue weighted by Crippen LogP contribution is -2.25. The first-order valence-corrected chi connectivity index (χ1v) is 9.36. The molecule has 0 unspecified atom stereocenters. The molecule has 3 aromatic rings. The molecule has 4 heterocycles. The lowest BCUT2D eigenvalue weighted by Gasteiger charge is -2.14. The van der Waals surface area contributed by atoms with E-state index < -0.39 is 0 Å². The highest BCUT2D eigenvalue weighted by molar-refractivity contribution is 7.14. The Labute approximate surface area is 147 Å². The molecule has 0 bridgehead atoms. The Bertz CT molecular complexity index is 828. The molecule has 0 atom stereocenters. The van der Waals surface area contributed by atoms with E-state index in [4.69, 9.17) is 0 Å². The topological polar surface area (TPSA) is 63.1 Å². The van der Waals surface area contributed by atoms with Crippen molar-refractivity contribution < 1.29 is 4.79 Å². The van der Waals surface area contributed by atoms with Crippen molar-refractivity contribution in [3.63, 3.8) is 0 Å². The summed E-state index contributed by atoms with van der Waals surface area (Å²) in [6.45, 7) is 2.41. The predicted molar refractivity (Wildman–Crippen MR) is 94.8 cm³/mol. The van der Waals surface area contributed by atoms with Crippen molar-refractivity contribution in [3.8, 4) is 5.13 Å².